The summed E-state index contributed by atoms with van der Waals surface area (Å²) < 4.78 is 18.9. The van der Waals surface area contributed by atoms with Crippen molar-refractivity contribution in [2.75, 3.05) is 12.9 Å². The van der Waals surface area contributed by atoms with Crippen LogP contribution >= 0.6 is 11.8 Å². The first kappa shape index (κ1) is 12.7. The van der Waals surface area contributed by atoms with E-state index in [0.29, 0.717) is 23.0 Å². The van der Waals surface area contributed by atoms with E-state index in [-0.39, 0.29) is 11.9 Å². The molecule has 0 aliphatic carbocycles. The molecule has 1 aliphatic rings. The molecule has 0 spiro atoms. The third kappa shape index (κ3) is 2.93. The summed E-state index contributed by atoms with van der Waals surface area (Å²) in [5.41, 5.74) is 6.80. The number of methoxy groups -OCH3 is 1. The zero-order chi connectivity index (χ0) is 12.3. The molecule has 4 heteroatoms. The molecule has 2 rings (SSSR count). The Labute approximate surface area is 106 Å². The summed E-state index contributed by atoms with van der Waals surface area (Å²) in [7, 11) is 1.48. The summed E-state index contributed by atoms with van der Waals surface area (Å²) in [6, 6.07) is 5.27. The van der Waals surface area contributed by atoms with Gasteiger partial charge in [-0.3, -0.25) is 0 Å². The lowest BCUT2D eigenvalue weighted by molar-refractivity contribution is 0.383. The predicted octanol–water partition coefficient (Wildman–Crippen LogP) is 2.60. The van der Waals surface area contributed by atoms with E-state index in [2.05, 4.69) is 0 Å². The van der Waals surface area contributed by atoms with E-state index in [1.807, 2.05) is 17.8 Å². The van der Waals surface area contributed by atoms with Gasteiger partial charge in [-0.05, 0) is 36.6 Å². The molecule has 0 radical (unpaired) electrons. The van der Waals surface area contributed by atoms with Gasteiger partial charge in [0.15, 0.2) is 11.6 Å². The van der Waals surface area contributed by atoms with E-state index >= 15 is 0 Å². The highest BCUT2D eigenvalue weighted by Crippen LogP contribution is 2.30. The van der Waals surface area contributed by atoms with Crippen LogP contribution < -0.4 is 10.5 Å². The maximum atomic E-state index is 13.9. The second-order valence-corrected chi connectivity index (χ2v) is 5.70. The maximum Gasteiger partial charge on any atom is 0.168 e. The number of thioether (sulfide) groups is 1. The van der Waals surface area contributed by atoms with Gasteiger partial charge in [0.2, 0.25) is 0 Å². The number of nitrogens with two attached hydrogens (primary N) is 1. The first-order valence-electron chi connectivity index (χ1n) is 5.91. The molecule has 0 amide bonds. The number of hydrogen-bond acceptors (Lipinski definition) is 3. The van der Waals surface area contributed by atoms with Crippen molar-refractivity contribution >= 4 is 11.8 Å². The average Bonchev–Trinajstić information content (AvgIpc) is 2.85. The molecule has 17 heavy (non-hydrogen) atoms. The van der Waals surface area contributed by atoms with E-state index in [1.165, 1.54) is 19.3 Å². The third-order valence-corrected chi connectivity index (χ3v) is 4.70. The van der Waals surface area contributed by atoms with Crippen LogP contribution in [0.5, 0.6) is 5.75 Å². The van der Waals surface area contributed by atoms with E-state index in [1.54, 1.807) is 12.1 Å². The zero-order valence-corrected chi connectivity index (χ0v) is 10.8. The zero-order valence-electron chi connectivity index (χ0n) is 9.99. The summed E-state index contributed by atoms with van der Waals surface area (Å²) in [5, 5.41) is 0.473. The monoisotopic (exact) mass is 255 g/mol. The van der Waals surface area contributed by atoms with E-state index in [9.17, 15) is 4.39 Å². The van der Waals surface area contributed by atoms with Crippen molar-refractivity contribution in [1.29, 1.82) is 0 Å². The molecule has 2 atom stereocenters. The van der Waals surface area contributed by atoms with Crippen molar-refractivity contribution in [3.8, 4) is 5.75 Å². The fourth-order valence-corrected chi connectivity index (χ4v) is 3.51. The molecule has 1 fully saturated rings. The van der Waals surface area contributed by atoms with Gasteiger partial charge in [-0.2, -0.15) is 11.8 Å². The predicted molar refractivity (Wildman–Crippen MR) is 70.1 cm³/mol. The molecular weight excluding hydrogens is 237 g/mol. The summed E-state index contributed by atoms with van der Waals surface area (Å²) >= 11 is 1.91. The summed E-state index contributed by atoms with van der Waals surface area (Å²) in [5.74, 6) is 1.21. The van der Waals surface area contributed by atoms with Gasteiger partial charge in [0.25, 0.3) is 0 Å². The van der Waals surface area contributed by atoms with E-state index in [4.69, 9.17) is 10.5 Å². The van der Waals surface area contributed by atoms with Gasteiger partial charge >= 0.3 is 0 Å². The first-order chi connectivity index (χ1) is 8.22. The van der Waals surface area contributed by atoms with Crippen LogP contribution in [0.4, 0.5) is 4.39 Å². The lowest BCUT2D eigenvalue weighted by Gasteiger charge is -2.18. The van der Waals surface area contributed by atoms with Crippen LogP contribution in [0.15, 0.2) is 18.2 Å². The Hall–Kier alpha value is -0.740. The third-order valence-electron chi connectivity index (χ3n) is 3.16. The fraction of sp³-hybridized carbons (Fsp3) is 0.538. The highest BCUT2D eigenvalue weighted by Gasteiger charge is 2.24. The van der Waals surface area contributed by atoms with Crippen LogP contribution in [0, 0.1) is 5.82 Å². The molecule has 2 unspecified atom stereocenters. The lowest BCUT2D eigenvalue weighted by Crippen LogP contribution is -2.33. The van der Waals surface area contributed by atoms with Gasteiger partial charge in [0.1, 0.15) is 0 Å². The molecule has 1 aromatic rings. The second-order valence-electron chi connectivity index (χ2n) is 4.35. The molecule has 94 valence electrons. The Morgan fingerprint density at radius 1 is 1.59 bits per heavy atom. The Kier molecular flexibility index (Phi) is 4.29. The van der Waals surface area contributed by atoms with Crippen molar-refractivity contribution in [3.63, 3.8) is 0 Å². The van der Waals surface area contributed by atoms with Gasteiger partial charge in [0.05, 0.1) is 7.11 Å². The number of ether oxygens (including phenoxy) is 1. The van der Waals surface area contributed by atoms with Gasteiger partial charge in [-0.1, -0.05) is 12.1 Å². The minimum Gasteiger partial charge on any atom is -0.494 e. The Morgan fingerprint density at radius 3 is 3.06 bits per heavy atom. The molecule has 0 bridgehead atoms. The molecule has 1 aliphatic heterocycles. The quantitative estimate of drug-likeness (QED) is 0.898. The van der Waals surface area contributed by atoms with Crippen molar-refractivity contribution < 1.29 is 9.13 Å². The Morgan fingerprint density at radius 2 is 2.41 bits per heavy atom. The SMILES string of the molecule is COc1cccc(CC(N)C2CCCS2)c1F. The van der Waals surface area contributed by atoms with Crippen molar-refractivity contribution in [3.05, 3.63) is 29.6 Å². The van der Waals surface area contributed by atoms with E-state index < -0.39 is 0 Å². The molecule has 1 heterocycles. The largest absolute Gasteiger partial charge is 0.494 e. The van der Waals surface area contributed by atoms with Crippen molar-refractivity contribution in [1.82, 2.24) is 0 Å². The van der Waals surface area contributed by atoms with Crippen molar-refractivity contribution in [2.45, 2.75) is 30.6 Å². The lowest BCUT2D eigenvalue weighted by atomic mass is 10.0. The second kappa shape index (κ2) is 5.74. The summed E-state index contributed by atoms with van der Waals surface area (Å²) in [4.78, 5) is 0. The van der Waals surface area contributed by atoms with Crippen LogP contribution in [0.1, 0.15) is 18.4 Å². The number of rotatable bonds is 4. The molecule has 1 aromatic carbocycles. The molecule has 0 saturated carbocycles. The average molecular weight is 255 g/mol. The smallest absolute Gasteiger partial charge is 0.168 e. The Bertz CT molecular complexity index is 380. The van der Waals surface area contributed by atoms with Crippen LogP contribution in [-0.4, -0.2) is 24.2 Å². The Balaban J connectivity index is 2.07. The van der Waals surface area contributed by atoms with Gasteiger partial charge in [-0.25, -0.2) is 4.39 Å². The normalized spacial score (nSPS) is 21.5. The number of benzene rings is 1. The van der Waals surface area contributed by atoms with Crippen LogP contribution in [0.2, 0.25) is 0 Å². The topological polar surface area (TPSA) is 35.2 Å². The summed E-state index contributed by atoms with van der Waals surface area (Å²) in [6.07, 6.45) is 2.96. The molecular formula is C13H18FNOS. The minimum absolute atomic E-state index is 0.0316. The number of halogens is 1. The highest BCUT2D eigenvalue weighted by molar-refractivity contribution is 8.00. The summed E-state index contributed by atoms with van der Waals surface area (Å²) in [6.45, 7) is 0. The van der Waals surface area contributed by atoms with E-state index in [0.717, 1.165) is 6.42 Å². The minimum atomic E-state index is -0.270. The fourth-order valence-electron chi connectivity index (χ4n) is 2.20. The van der Waals surface area contributed by atoms with Crippen LogP contribution in [-0.2, 0) is 6.42 Å². The first-order valence-corrected chi connectivity index (χ1v) is 6.96. The molecule has 0 aromatic heterocycles. The number of hydrogen-bond donors (Lipinski definition) is 1. The van der Waals surface area contributed by atoms with Crippen LogP contribution in [0.25, 0.3) is 0 Å². The van der Waals surface area contributed by atoms with Crippen molar-refractivity contribution in [2.24, 2.45) is 5.73 Å². The van der Waals surface area contributed by atoms with Crippen LogP contribution in [0.3, 0.4) is 0 Å². The molecule has 2 nitrogen and oxygen atoms in total. The molecule has 1 saturated heterocycles. The highest BCUT2D eigenvalue weighted by atomic mass is 32.2. The maximum absolute atomic E-state index is 13.9. The standard InChI is InChI=1S/C13H18FNOS/c1-16-11-5-2-4-9(13(11)14)8-10(15)12-6-3-7-17-12/h2,4-5,10,12H,3,6-8,15H2,1H3. The van der Waals surface area contributed by atoms with Gasteiger partial charge in [-0.15, -0.1) is 0 Å². The van der Waals surface area contributed by atoms with Gasteiger partial charge < -0.3 is 10.5 Å². The molecule has 2 N–H and O–H groups in total. The van der Waals surface area contributed by atoms with Gasteiger partial charge in [0, 0.05) is 11.3 Å².